The first-order valence-electron chi connectivity index (χ1n) is 5.77. The van der Waals surface area contributed by atoms with Crippen LogP contribution in [0.15, 0.2) is 41.6 Å². The Hall–Kier alpha value is -1.99. The molecule has 0 saturated heterocycles. The third kappa shape index (κ3) is 2.94. The second kappa shape index (κ2) is 5.56. The highest BCUT2D eigenvalue weighted by molar-refractivity contribution is 7.92. The van der Waals surface area contributed by atoms with Crippen LogP contribution >= 0.6 is 0 Å². The van der Waals surface area contributed by atoms with Crippen LogP contribution in [-0.4, -0.2) is 18.5 Å². The minimum Gasteiger partial charge on any atom is -0.392 e. The van der Waals surface area contributed by atoms with Crippen molar-refractivity contribution >= 4 is 15.7 Å². The number of rotatable bonds is 4. The third-order valence-electron chi connectivity index (χ3n) is 2.82. The van der Waals surface area contributed by atoms with Gasteiger partial charge >= 0.3 is 0 Å². The van der Waals surface area contributed by atoms with E-state index in [1.165, 1.54) is 24.4 Å². The van der Waals surface area contributed by atoms with Gasteiger partial charge in [-0.2, -0.15) is 0 Å². The van der Waals surface area contributed by atoms with Crippen LogP contribution in [0.3, 0.4) is 0 Å². The first-order valence-corrected chi connectivity index (χ1v) is 7.25. The molecule has 0 aliphatic carbocycles. The number of hydrogen-bond acceptors (Lipinski definition) is 4. The zero-order chi connectivity index (χ0) is 14.8. The molecule has 5 nitrogen and oxygen atoms in total. The largest absolute Gasteiger partial charge is 0.392 e. The zero-order valence-corrected chi connectivity index (χ0v) is 11.5. The quantitative estimate of drug-likeness (QED) is 0.902. The van der Waals surface area contributed by atoms with Crippen LogP contribution in [0.2, 0.25) is 0 Å². The standard InChI is InChI=1S/C13H13FN2O3S/c1-9-2-3-11(6-10(9)8-17)20(18,19)16-13-4-5-15-7-12(13)14/h2-7,17H,8H2,1H3,(H,15,16). The number of nitrogens with one attached hydrogen (secondary N) is 1. The van der Waals surface area contributed by atoms with E-state index in [0.717, 1.165) is 11.8 Å². The molecule has 0 radical (unpaired) electrons. The molecule has 0 unspecified atom stereocenters. The molecule has 0 bridgehead atoms. The smallest absolute Gasteiger partial charge is 0.261 e. The SMILES string of the molecule is Cc1ccc(S(=O)(=O)Nc2ccncc2F)cc1CO. The van der Waals surface area contributed by atoms with Crippen LogP contribution in [-0.2, 0) is 16.6 Å². The number of aromatic nitrogens is 1. The third-order valence-corrected chi connectivity index (χ3v) is 4.18. The van der Waals surface area contributed by atoms with Gasteiger partial charge < -0.3 is 5.11 Å². The predicted octanol–water partition coefficient (Wildman–Crippen LogP) is 1.82. The fourth-order valence-corrected chi connectivity index (χ4v) is 2.76. The van der Waals surface area contributed by atoms with Gasteiger partial charge in [0.05, 0.1) is 23.4 Å². The molecule has 2 rings (SSSR count). The van der Waals surface area contributed by atoms with Gasteiger partial charge in [0.25, 0.3) is 10.0 Å². The van der Waals surface area contributed by atoms with Crippen molar-refractivity contribution < 1.29 is 17.9 Å². The summed E-state index contributed by atoms with van der Waals surface area (Å²) < 4.78 is 39.9. The minimum absolute atomic E-state index is 0.0386. The Morgan fingerprint density at radius 1 is 1.35 bits per heavy atom. The van der Waals surface area contributed by atoms with Gasteiger partial charge in [-0.1, -0.05) is 6.07 Å². The molecule has 1 heterocycles. The second-order valence-corrected chi connectivity index (χ2v) is 5.89. The highest BCUT2D eigenvalue weighted by atomic mass is 32.2. The first kappa shape index (κ1) is 14.4. The molecule has 20 heavy (non-hydrogen) atoms. The summed E-state index contributed by atoms with van der Waals surface area (Å²) in [6.07, 6.45) is 2.21. The summed E-state index contributed by atoms with van der Waals surface area (Å²) in [5.74, 6) is -0.759. The Bertz CT molecular complexity index is 732. The van der Waals surface area contributed by atoms with Crippen molar-refractivity contribution in [3.05, 3.63) is 53.6 Å². The van der Waals surface area contributed by atoms with E-state index in [2.05, 4.69) is 9.71 Å². The van der Waals surface area contributed by atoms with Crippen LogP contribution in [0.5, 0.6) is 0 Å². The summed E-state index contributed by atoms with van der Waals surface area (Å²) in [6, 6.07) is 5.57. The molecule has 2 aromatic rings. The number of benzene rings is 1. The van der Waals surface area contributed by atoms with Gasteiger partial charge in [-0.25, -0.2) is 12.8 Å². The zero-order valence-electron chi connectivity index (χ0n) is 10.7. The average Bonchev–Trinajstić information content (AvgIpc) is 2.41. The van der Waals surface area contributed by atoms with Gasteiger partial charge in [-0.15, -0.1) is 0 Å². The lowest BCUT2D eigenvalue weighted by Crippen LogP contribution is -2.14. The molecule has 0 amide bonds. The summed E-state index contributed by atoms with van der Waals surface area (Å²) in [4.78, 5) is 3.51. The summed E-state index contributed by atoms with van der Waals surface area (Å²) in [6.45, 7) is 1.50. The number of halogens is 1. The maximum Gasteiger partial charge on any atom is 0.261 e. The normalized spacial score (nSPS) is 11.3. The summed E-state index contributed by atoms with van der Waals surface area (Å²) in [5, 5.41) is 9.16. The monoisotopic (exact) mass is 296 g/mol. The Labute approximate surface area is 116 Å². The van der Waals surface area contributed by atoms with E-state index in [-0.39, 0.29) is 17.2 Å². The second-order valence-electron chi connectivity index (χ2n) is 4.21. The van der Waals surface area contributed by atoms with Crippen LogP contribution in [0, 0.1) is 12.7 Å². The van der Waals surface area contributed by atoms with Gasteiger partial charge in [0.1, 0.15) is 0 Å². The lowest BCUT2D eigenvalue weighted by atomic mass is 10.1. The predicted molar refractivity (Wildman–Crippen MR) is 72.1 cm³/mol. The fourth-order valence-electron chi connectivity index (χ4n) is 1.65. The number of sulfonamides is 1. The lowest BCUT2D eigenvalue weighted by Gasteiger charge is -2.10. The van der Waals surface area contributed by atoms with Crippen LogP contribution < -0.4 is 4.72 Å². The first-order chi connectivity index (χ1) is 9.44. The molecule has 1 aromatic heterocycles. The highest BCUT2D eigenvalue weighted by Gasteiger charge is 2.17. The van der Waals surface area contributed by atoms with E-state index < -0.39 is 15.8 Å². The van der Waals surface area contributed by atoms with Crippen molar-refractivity contribution in [3.63, 3.8) is 0 Å². The molecule has 106 valence electrons. The Balaban J connectivity index is 2.38. The number of hydrogen-bond donors (Lipinski definition) is 2. The highest BCUT2D eigenvalue weighted by Crippen LogP contribution is 2.20. The average molecular weight is 296 g/mol. The van der Waals surface area contributed by atoms with E-state index in [9.17, 15) is 12.8 Å². The molecule has 0 saturated carbocycles. The molecule has 0 aliphatic heterocycles. The molecule has 0 aliphatic rings. The number of pyridine rings is 1. The summed E-state index contributed by atoms with van der Waals surface area (Å²) in [5.41, 5.74) is 1.11. The van der Waals surface area contributed by atoms with Gasteiger partial charge in [0.15, 0.2) is 5.82 Å². The van der Waals surface area contributed by atoms with Crippen molar-refractivity contribution in [2.45, 2.75) is 18.4 Å². The van der Waals surface area contributed by atoms with E-state index in [1.54, 1.807) is 13.0 Å². The summed E-state index contributed by atoms with van der Waals surface area (Å²) >= 11 is 0. The molecule has 7 heteroatoms. The molecule has 1 aromatic carbocycles. The molecule has 2 N–H and O–H groups in total. The number of aliphatic hydroxyl groups is 1. The van der Waals surface area contributed by atoms with Crippen molar-refractivity contribution in [2.24, 2.45) is 0 Å². The van der Waals surface area contributed by atoms with Gasteiger partial charge in [0.2, 0.25) is 0 Å². The van der Waals surface area contributed by atoms with E-state index in [4.69, 9.17) is 5.11 Å². The van der Waals surface area contributed by atoms with E-state index in [1.807, 2.05) is 0 Å². The number of nitrogens with zero attached hydrogens (tertiary/aromatic N) is 1. The molecule has 0 spiro atoms. The fraction of sp³-hybridized carbons (Fsp3) is 0.154. The van der Waals surface area contributed by atoms with Crippen LogP contribution in [0.25, 0.3) is 0 Å². The van der Waals surface area contributed by atoms with E-state index >= 15 is 0 Å². The lowest BCUT2D eigenvalue weighted by molar-refractivity contribution is 0.281. The Morgan fingerprint density at radius 3 is 2.75 bits per heavy atom. The molecule has 0 atom stereocenters. The molecular formula is C13H13FN2O3S. The van der Waals surface area contributed by atoms with Crippen LogP contribution in [0.1, 0.15) is 11.1 Å². The van der Waals surface area contributed by atoms with Crippen molar-refractivity contribution in [2.75, 3.05) is 4.72 Å². The number of aryl methyl sites for hydroxylation is 1. The van der Waals surface area contributed by atoms with Crippen molar-refractivity contribution in [1.29, 1.82) is 0 Å². The number of anilines is 1. The van der Waals surface area contributed by atoms with Gasteiger partial charge in [0, 0.05) is 6.20 Å². The van der Waals surface area contributed by atoms with Gasteiger partial charge in [-0.3, -0.25) is 9.71 Å². The maximum atomic E-state index is 13.4. The summed E-state index contributed by atoms with van der Waals surface area (Å²) in [7, 11) is -3.91. The maximum absolute atomic E-state index is 13.4. The topological polar surface area (TPSA) is 79.3 Å². The van der Waals surface area contributed by atoms with E-state index in [0.29, 0.717) is 5.56 Å². The molecule has 0 fully saturated rings. The Kier molecular flexibility index (Phi) is 4.01. The van der Waals surface area contributed by atoms with Crippen LogP contribution in [0.4, 0.5) is 10.1 Å². The molecular weight excluding hydrogens is 283 g/mol. The number of aliphatic hydroxyl groups excluding tert-OH is 1. The van der Waals surface area contributed by atoms with Gasteiger partial charge in [-0.05, 0) is 36.2 Å². The van der Waals surface area contributed by atoms with Crippen molar-refractivity contribution in [1.82, 2.24) is 4.98 Å². The minimum atomic E-state index is -3.91. The Morgan fingerprint density at radius 2 is 2.10 bits per heavy atom. The van der Waals surface area contributed by atoms with Crippen molar-refractivity contribution in [3.8, 4) is 0 Å².